The average molecular weight is 392 g/mol. The Kier molecular flexibility index (Phi) is 5.48. The minimum atomic E-state index is -0.561. The average Bonchev–Trinajstić information content (AvgIpc) is 3.09. The fourth-order valence-corrected chi connectivity index (χ4v) is 3.59. The van der Waals surface area contributed by atoms with Gasteiger partial charge in [-0.25, -0.2) is 9.78 Å². The molecule has 6 heteroatoms. The van der Waals surface area contributed by atoms with Crippen LogP contribution in [0.2, 0.25) is 0 Å². The second kappa shape index (κ2) is 7.83. The summed E-state index contributed by atoms with van der Waals surface area (Å²) in [7, 11) is 0. The number of aliphatic hydroxyl groups is 1. The van der Waals surface area contributed by atoms with Crippen molar-refractivity contribution in [2.75, 3.05) is 6.61 Å². The number of para-hydroxylation sites is 1. The summed E-state index contributed by atoms with van der Waals surface area (Å²) in [6, 6.07) is 16.6. The predicted molar refractivity (Wildman–Crippen MR) is 110 cm³/mol. The number of aliphatic hydroxyl groups excluding tert-OH is 1. The van der Waals surface area contributed by atoms with Crippen molar-refractivity contribution in [3.05, 3.63) is 70.4 Å². The molecule has 0 saturated carbocycles. The first-order valence-electron chi connectivity index (χ1n) is 8.75. The Hall–Kier alpha value is -3.17. The van der Waals surface area contributed by atoms with E-state index in [1.54, 1.807) is 12.1 Å². The molecule has 2 aromatic carbocycles. The smallest absolute Gasteiger partial charge is 0.338 e. The molecule has 1 heterocycles. The van der Waals surface area contributed by atoms with Gasteiger partial charge in [0.2, 0.25) is 0 Å². The van der Waals surface area contributed by atoms with Gasteiger partial charge in [-0.05, 0) is 35.2 Å². The number of ether oxygens (including phenoxy) is 1. The van der Waals surface area contributed by atoms with Crippen LogP contribution in [0.4, 0.5) is 0 Å². The Balaban J connectivity index is 1.74. The topological polar surface area (TPSA) is 83.2 Å². The van der Waals surface area contributed by atoms with Gasteiger partial charge in [-0.3, -0.25) is 0 Å². The van der Waals surface area contributed by atoms with Gasteiger partial charge in [0, 0.05) is 0 Å². The second-order valence-corrected chi connectivity index (χ2v) is 8.35. The van der Waals surface area contributed by atoms with Crippen molar-refractivity contribution in [1.29, 1.82) is 5.26 Å². The normalized spacial score (nSPS) is 12.4. The number of rotatable bonds is 4. The number of thiazole rings is 1. The van der Waals surface area contributed by atoms with Gasteiger partial charge in [-0.1, -0.05) is 45.0 Å². The summed E-state index contributed by atoms with van der Waals surface area (Å²) in [4.78, 5) is 16.6. The summed E-state index contributed by atoms with van der Waals surface area (Å²) in [5, 5.41) is 20.1. The van der Waals surface area contributed by atoms with Crippen LogP contribution in [0.1, 0.15) is 41.7 Å². The first-order valence-corrected chi connectivity index (χ1v) is 9.57. The van der Waals surface area contributed by atoms with E-state index < -0.39 is 12.6 Å². The number of fused-ring (bicyclic) bond motifs is 1. The lowest BCUT2D eigenvalue weighted by atomic mass is 9.87. The highest BCUT2D eigenvalue weighted by Gasteiger charge is 2.17. The summed E-state index contributed by atoms with van der Waals surface area (Å²) in [5.41, 5.74) is 2.24. The quantitative estimate of drug-likeness (QED) is 0.373. The molecule has 28 heavy (non-hydrogen) atoms. The van der Waals surface area contributed by atoms with Gasteiger partial charge in [-0.2, -0.15) is 5.26 Å². The molecule has 0 radical (unpaired) electrons. The van der Waals surface area contributed by atoms with Gasteiger partial charge < -0.3 is 9.84 Å². The van der Waals surface area contributed by atoms with E-state index in [1.807, 2.05) is 42.5 Å². The molecule has 0 bridgehead atoms. The van der Waals surface area contributed by atoms with Gasteiger partial charge in [-0.15, -0.1) is 11.3 Å². The van der Waals surface area contributed by atoms with Gasteiger partial charge in [0.1, 0.15) is 23.3 Å². The zero-order valence-corrected chi connectivity index (χ0v) is 16.7. The van der Waals surface area contributed by atoms with Crippen molar-refractivity contribution in [2.45, 2.75) is 26.2 Å². The SMILES string of the molecule is CC(C)(C)c1ccc(C(=O)OCC(O)=C(C#N)c2nc3ccccc3s2)cc1. The van der Waals surface area contributed by atoms with Gasteiger partial charge in [0.25, 0.3) is 0 Å². The first kappa shape index (κ1) is 19.6. The first-order chi connectivity index (χ1) is 13.3. The Morgan fingerprint density at radius 1 is 1.18 bits per heavy atom. The van der Waals surface area contributed by atoms with Gasteiger partial charge in [0.05, 0.1) is 15.8 Å². The highest BCUT2D eigenvalue weighted by Crippen LogP contribution is 2.28. The lowest BCUT2D eigenvalue weighted by Crippen LogP contribution is -2.12. The number of esters is 1. The summed E-state index contributed by atoms with van der Waals surface area (Å²) in [6.07, 6.45) is 0. The number of hydrogen-bond donors (Lipinski definition) is 1. The van der Waals surface area contributed by atoms with Crippen LogP contribution in [0, 0.1) is 11.3 Å². The van der Waals surface area contributed by atoms with Crippen LogP contribution in [0.5, 0.6) is 0 Å². The van der Waals surface area contributed by atoms with Crippen molar-refractivity contribution in [3.8, 4) is 6.07 Å². The molecular formula is C22H20N2O3S. The fourth-order valence-electron chi connectivity index (χ4n) is 2.61. The Labute approximate surface area is 167 Å². The largest absolute Gasteiger partial charge is 0.507 e. The maximum Gasteiger partial charge on any atom is 0.338 e. The van der Waals surface area contributed by atoms with E-state index in [1.165, 1.54) is 11.3 Å². The zero-order valence-electron chi connectivity index (χ0n) is 15.9. The van der Waals surface area contributed by atoms with Crippen molar-refractivity contribution in [2.24, 2.45) is 0 Å². The molecular weight excluding hydrogens is 372 g/mol. The Bertz CT molecular complexity index is 1050. The zero-order chi connectivity index (χ0) is 20.3. The van der Waals surface area contributed by atoms with Crippen LogP contribution >= 0.6 is 11.3 Å². The molecule has 0 aliphatic carbocycles. The van der Waals surface area contributed by atoms with Gasteiger partial charge >= 0.3 is 5.97 Å². The number of nitriles is 1. The molecule has 0 saturated heterocycles. The number of carbonyl (C=O) groups excluding carboxylic acids is 1. The standard InChI is InChI=1S/C22H20N2O3S/c1-22(2,3)15-10-8-14(9-11-15)21(26)27-13-18(25)16(12-23)20-24-17-6-4-5-7-19(17)28-20/h4-11,25H,13H2,1-3H3. The molecule has 1 aromatic heterocycles. The van der Waals surface area contributed by atoms with Crippen LogP contribution in [-0.2, 0) is 10.2 Å². The number of hydrogen-bond acceptors (Lipinski definition) is 6. The third-order valence-corrected chi connectivity index (χ3v) is 5.29. The third-order valence-electron chi connectivity index (χ3n) is 4.23. The molecule has 0 amide bonds. The maximum atomic E-state index is 12.2. The summed E-state index contributed by atoms with van der Waals surface area (Å²) in [5.74, 6) is -0.880. The number of nitrogens with zero attached hydrogens (tertiary/aromatic N) is 2. The summed E-state index contributed by atoms with van der Waals surface area (Å²) >= 11 is 1.30. The number of allylic oxidation sites excluding steroid dienone is 1. The van der Waals surface area contributed by atoms with E-state index in [-0.39, 0.29) is 16.7 Å². The predicted octanol–water partition coefficient (Wildman–Crippen LogP) is 5.24. The Morgan fingerprint density at radius 2 is 1.86 bits per heavy atom. The molecule has 0 fully saturated rings. The fraction of sp³-hybridized carbons (Fsp3) is 0.227. The van der Waals surface area contributed by atoms with E-state index in [2.05, 4.69) is 25.8 Å². The van der Waals surface area contributed by atoms with Crippen LogP contribution < -0.4 is 0 Å². The van der Waals surface area contributed by atoms with Crippen LogP contribution in [-0.4, -0.2) is 22.7 Å². The van der Waals surface area contributed by atoms with Crippen LogP contribution in [0.15, 0.2) is 54.3 Å². The van der Waals surface area contributed by atoms with E-state index in [0.29, 0.717) is 10.6 Å². The molecule has 3 aromatic rings. The molecule has 5 nitrogen and oxygen atoms in total. The molecule has 0 atom stereocenters. The molecule has 142 valence electrons. The molecule has 0 aliphatic rings. The van der Waals surface area contributed by atoms with E-state index in [4.69, 9.17) is 4.74 Å². The van der Waals surface area contributed by atoms with Crippen molar-refractivity contribution < 1.29 is 14.6 Å². The summed E-state index contributed by atoms with van der Waals surface area (Å²) in [6.45, 7) is 5.89. The lowest BCUT2D eigenvalue weighted by Gasteiger charge is -2.18. The highest BCUT2D eigenvalue weighted by atomic mass is 32.1. The van der Waals surface area contributed by atoms with E-state index in [0.717, 1.165) is 15.8 Å². The monoisotopic (exact) mass is 392 g/mol. The third kappa shape index (κ3) is 4.21. The molecule has 3 rings (SSSR count). The number of carbonyl (C=O) groups is 1. The number of aromatic nitrogens is 1. The lowest BCUT2D eigenvalue weighted by molar-refractivity contribution is 0.0503. The van der Waals surface area contributed by atoms with Crippen LogP contribution in [0.3, 0.4) is 0 Å². The van der Waals surface area contributed by atoms with Crippen molar-refractivity contribution in [1.82, 2.24) is 4.98 Å². The minimum absolute atomic E-state index is 0.0112. The summed E-state index contributed by atoms with van der Waals surface area (Å²) < 4.78 is 6.08. The molecule has 0 spiro atoms. The molecule has 0 unspecified atom stereocenters. The van der Waals surface area contributed by atoms with Crippen LogP contribution in [0.25, 0.3) is 15.8 Å². The van der Waals surface area contributed by atoms with Crippen molar-refractivity contribution in [3.63, 3.8) is 0 Å². The Morgan fingerprint density at radius 3 is 2.46 bits per heavy atom. The number of benzene rings is 2. The molecule has 1 N–H and O–H groups in total. The maximum absolute atomic E-state index is 12.2. The highest BCUT2D eigenvalue weighted by molar-refractivity contribution is 7.19. The second-order valence-electron chi connectivity index (χ2n) is 7.32. The van der Waals surface area contributed by atoms with E-state index in [9.17, 15) is 15.2 Å². The molecule has 0 aliphatic heterocycles. The minimum Gasteiger partial charge on any atom is -0.507 e. The van der Waals surface area contributed by atoms with Crippen molar-refractivity contribution >= 4 is 33.1 Å². The van der Waals surface area contributed by atoms with Gasteiger partial charge in [0.15, 0.2) is 5.76 Å². The van der Waals surface area contributed by atoms with E-state index >= 15 is 0 Å².